The van der Waals surface area contributed by atoms with Crippen molar-refractivity contribution in [2.24, 2.45) is 0 Å². The van der Waals surface area contributed by atoms with Crippen LogP contribution < -0.4 is 0 Å². The highest BCUT2D eigenvalue weighted by atomic mass is 14.9. The third-order valence-corrected chi connectivity index (χ3v) is 7.74. The number of rotatable bonds is 3. The van der Waals surface area contributed by atoms with E-state index in [-0.39, 0.29) is 0 Å². The monoisotopic (exact) mass is 470 g/mol. The summed E-state index contributed by atoms with van der Waals surface area (Å²) in [4.78, 5) is 16.8. The van der Waals surface area contributed by atoms with E-state index in [1.165, 1.54) is 44.2 Å². The Morgan fingerprint density at radius 3 is 2.28 bits per heavy atom. The molecule has 0 atom stereocenters. The number of H-pyrrole nitrogens is 2. The van der Waals surface area contributed by atoms with E-state index in [1.54, 1.807) is 0 Å². The van der Waals surface area contributed by atoms with Crippen LogP contribution in [-0.4, -0.2) is 19.9 Å². The largest absolute Gasteiger partial charge is 0.342 e. The first-order chi connectivity index (χ1) is 17.5. The summed E-state index contributed by atoms with van der Waals surface area (Å²) in [6, 6.07) is 22.6. The average molecular weight is 471 g/mol. The zero-order chi connectivity index (χ0) is 24.6. The Hall–Kier alpha value is -3.92. The molecule has 0 spiro atoms. The number of benzene rings is 4. The predicted molar refractivity (Wildman–Crippen MR) is 150 cm³/mol. The lowest BCUT2D eigenvalue weighted by Crippen LogP contribution is -2.05. The maximum atomic E-state index is 4.96. The minimum Gasteiger partial charge on any atom is -0.342 e. The lowest BCUT2D eigenvalue weighted by atomic mass is 9.83. The van der Waals surface area contributed by atoms with Crippen LogP contribution in [0.2, 0.25) is 0 Å². The number of hydrogen-bond donors (Lipinski definition) is 2. The molecule has 4 nitrogen and oxygen atoms in total. The van der Waals surface area contributed by atoms with E-state index in [0.717, 1.165) is 46.6 Å². The van der Waals surface area contributed by atoms with Crippen LogP contribution >= 0.6 is 0 Å². The lowest BCUT2D eigenvalue weighted by Gasteiger charge is -2.21. The zero-order valence-electron chi connectivity index (χ0n) is 21.2. The van der Waals surface area contributed by atoms with Gasteiger partial charge in [-0.1, -0.05) is 70.2 Å². The summed E-state index contributed by atoms with van der Waals surface area (Å²) >= 11 is 0. The second-order valence-electron chi connectivity index (χ2n) is 10.8. The fraction of sp³-hybridized carbons (Fsp3) is 0.250. The van der Waals surface area contributed by atoms with Gasteiger partial charge in [0.05, 0.1) is 22.1 Å². The van der Waals surface area contributed by atoms with Crippen LogP contribution in [0.15, 0.2) is 60.7 Å². The van der Waals surface area contributed by atoms with Crippen LogP contribution in [0.1, 0.15) is 62.3 Å². The van der Waals surface area contributed by atoms with Crippen LogP contribution in [0.25, 0.3) is 55.1 Å². The molecule has 0 saturated heterocycles. The first-order valence-electron chi connectivity index (χ1n) is 13.0. The smallest absolute Gasteiger partial charge is 0.109 e. The lowest BCUT2D eigenvalue weighted by molar-refractivity contribution is 0.798. The van der Waals surface area contributed by atoms with E-state index < -0.39 is 0 Å². The Bertz CT molecular complexity index is 1800. The van der Waals surface area contributed by atoms with Crippen molar-refractivity contribution in [1.29, 1.82) is 0 Å². The topological polar surface area (TPSA) is 57.4 Å². The molecular weight excluding hydrogens is 440 g/mol. The molecule has 0 fully saturated rings. The molecule has 0 bridgehead atoms. The van der Waals surface area contributed by atoms with Crippen molar-refractivity contribution in [3.05, 3.63) is 83.4 Å². The summed E-state index contributed by atoms with van der Waals surface area (Å²) in [5.41, 5.74) is 12.5. The summed E-state index contributed by atoms with van der Waals surface area (Å²) in [5.74, 6) is 2.90. The second kappa shape index (κ2) is 7.79. The molecule has 0 amide bonds. The number of fused-ring (bicyclic) bond motifs is 8. The van der Waals surface area contributed by atoms with E-state index in [9.17, 15) is 0 Å². The molecule has 1 aliphatic rings. The molecule has 2 aromatic heterocycles. The maximum absolute atomic E-state index is 4.96. The molecule has 6 aromatic rings. The van der Waals surface area contributed by atoms with Gasteiger partial charge in [0.1, 0.15) is 11.6 Å². The van der Waals surface area contributed by atoms with Gasteiger partial charge in [-0.05, 0) is 69.8 Å². The quantitative estimate of drug-likeness (QED) is 0.273. The minimum absolute atomic E-state index is 0.383. The van der Waals surface area contributed by atoms with Crippen LogP contribution in [0, 0.1) is 0 Å². The number of nitrogens with zero attached hydrogens (tertiary/aromatic N) is 2. The van der Waals surface area contributed by atoms with Crippen molar-refractivity contribution in [1.82, 2.24) is 19.9 Å². The van der Waals surface area contributed by atoms with Crippen LogP contribution in [0.5, 0.6) is 0 Å². The maximum Gasteiger partial charge on any atom is 0.109 e. The van der Waals surface area contributed by atoms with Crippen molar-refractivity contribution < 1.29 is 0 Å². The van der Waals surface area contributed by atoms with Crippen molar-refractivity contribution in [2.45, 2.75) is 52.4 Å². The first-order valence-corrected chi connectivity index (χ1v) is 13.0. The molecule has 0 radical (unpaired) electrons. The van der Waals surface area contributed by atoms with Crippen LogP contribution in [0.4, 0.5) is 0 Å². The normalized spacial score (nSPS) is 13.3. The number of imidazole rings is 2. The zero-order valence-corrected chi connectivity index (χ0v) is 21.2. The van der Waals surface area contributed by atoms with Gasteiger partial charge in [-0.3, -0.25) is 0 Å². The van der Waals surface area contributed by atoms with Gasteiger partial charge < -0.3 is 9.97 Å². The summed E-state index contributed by atoms with van der Waals surface area (Å²) in [5, 5.41) is 2.47. The van der Waals surface area contributed by atoms with E-state index in [1.807, 2.05) is 0 Å². The molecule has 0 saturated carbocycles. The molecule has 4 heteroatoms. The highest BCUT2D eigenvalue weighted by molar-refractivity contribution is 6.05. The molecule has 178 valence electrons. The van der Waals surface area contributed by atoms with Gasteiger partial charge in [0.25, 0.3) is 0 Å². The summed E-state index contributed by atoms with van der Waals surface area (Å²) in [6.07, 6.45) is 2.07. The Morgan fingerprint density at radius 1 is 0.694 bits per heavy atom. The van der Waals surface area contributed by atoms with E-state index in [2.05, 4.69) is 98.3 Å². The van der Waals surface area contributed by atoms with Gasteiger partial charge in [0, 0.05) is 17.2 Å². The van der Waals surface area contributed by atoms with Gasteiger partial charge in [-0.15, -0.1) is 0 Å². The number of aromatic nitrogens is 4. The highest BCUT2D eigenvalue weighted by Crippen LogP contribution is 2.39. The van der Waals surface area contributed by atoms with Gasteiger partial charge >= 0.3 is 0 Å². The number of hydrogen-bond acceptors (Lipinski definition) is 2. The average Bonchev–Trinajstić information content (AvgIpc) is 3.53. The summed E-state index contributed by atoms with van der Waals surface area (Å²) < 4.78 is 0. The Balaban J connectivity index is 1.30. The molecule has 2 heterocycles. The minimum atomic E-state index is 0.383. The standard InChI is InChI=1S/C32H30N4/c1-17(2)31-33-27-13-8-22-16-20(6-10-24(22)29(27)35-31)19-5-9-23-21(15-19)7-11-26-25(23)12-14-28-30(26)36-32(34-28)18(3)4/h5-6,8-10,12-18H,7,11H2,1-4H3,(H,33,35)(H,34,36). The van der Waals surface area contributed by atoms with Crippen molar-refractivity contribution >= 4 is 32.8 Å². The number of aryl methyl sites for hydroxylation is 2. The van der Waals surface area contributed by atoms with Gasteiger partial charge in [0.2, 0.25) is 0 Å². The third kappa shape index (κ3) is 3.21. The molecule has 36 heavy (non-hydrogen) atoms. The Labute approximate surface area is 210 Å². The first kappa shape index (κ1) is 21.4. The van der Waals surface area contributed by atoms with E-state index in [0.29, 0.717) is 11.8 Å². The molecule has 7 rings (SSSR count). The highest BCUT2D eigenvalue weighted by Gasteiger charge is 2.21. The second-order valence-corrected chi connectivity index (χ2v) is 10.8. The fourth-order valence-electron chi connectivity index (χ4n) is 5.71. The molecule has 2 N–H and O–H groups in total. The van der Waals surface area contributed by atoms with Crippen molar-refractivity contribution in [3.63, 3.8) is 0 Å². The molecule has 4 aromatic carbocycles. The molecule has 1 aliphatic carbocycles. The summed E-state index contributed by atoms with van der Waals surface area (Å²) in [6.45, 7) is 8.72. The number of nitrogens with one attached hydrogen (secondary N) is 2. The Morgan fingerprint density at radius 2 is 1.44 bits per heavy atom. The van der Waals surface area contributed by atoms with E-state index in [4.69, 9.17) is 9.97 Å². The van der Waals surface area contributed by atoms with Gasteiger partial charge in [-0.2, -0.15) is 0 Å². The Kier molecular flexibility index (Phi) is 4.62. The van der Waals surface area contributed by atoms with Crippen LogP contribution in [0.3, 0.4) is 0 Å². The SMILES string of the molecule is CC(C)c1nc2c3c(ccc2[nH]1)-c1ccc(-c2ccc4c(ccc5nc(C(C)C)[nH]c54)c2)cc1CC3. The fourth-order valence-corrected chi connectivity index (χ4v) is 5.71. The van der Waals surface area contributed by atoms with Crippen molar-refractivity contribution in [2.75, 3.05) is 0 Å². The molecule has 0 aliphatic heterocycles. The van der Waals surface area contributed by atoms with Crippen molar-refractivity contribution in [3.8, 4) is 22.3 Å². The van der Waals surface area contributed by atoms with Crippen LogP contribution in [-0.2, 0) is 12.8 Å². The van der Waals surface area contributed by atoms with E-state index >= 15 is 0 Å². The predicted octanol–water partition coefficient (Wildman–Crippen LogP) is 8.27. The molecule has 0 unspecified atom stereocenters. The molecular formula is C32H30N4. The number of aromatic amines is 2. The summed E-state index contributed by atoms with van der Waals surface area (Å²) in [7, 11) is 0. The van der Waals surface area contributed by atoms with Gasteiger partial charge in [-0.25, -0.2) is 9.97 Å². The third-order valence-electron chi connectivity index (χ3n) is 7.74. The van der Waals surface area contributed by atoms with Gasteiger partial charge in [0.15, 0.2) is 0 Å².